The van der Waals surface area contributed by atoms with Crippen LogP contribution in [0.5, 0.6) is 0 Å². The third-order valence-electron chi connectivity index (χ3n) is 7.15. The van der Waals surface area contributed by atoms with Gasteiger partial charge in [-0.1, -0.05) is 48.5 Å². The lowest BCUT2D eigenvalue weighted by Crippen LogP contribution is -2.54. The Morgan fingerprint density at radius 2 is 1.41 bits per heavy atom. The van der Waals surface area contributed by atoms with Crippen LogP contribution in [0.3, 0.4) is 0 Å². The highest BCUT2D eigenvalue weighted by molar-refractivity contribution is 6.74. The van der Waals surface area contributed by atoms with Gasteiger partial charge in [0.2, 0.25) is 0 Å². The molecule has 0 spiro atoms. The molecule has 27 heavy (non-hydrogen) atoms. The first kappa shape index (κ1) is 24.9. The minimum atomic E-state index is -1.95. The number of carbonyl (C=O) groups is 1. The average Bonchev–Trinajstić information content (AvgIpc) is 2.46. The predicted molar refractivity (Wildman–Crippen MR) is 118 cm³/mol. The molecule has 1 aliphatic rings. The molecule has 0 aliphatic carbocycles. The lowest BCUT2D eigenvalue weighted by atomic mass is 9.85. The highest BCUT2D eigenvalue weighted by Crippen LogP contribution is 2.41. The summed E-state index contributed by atoms with van der Waals surface area (Å²) in [4.78, 5) is 12.5. The minimum Gasteiger partial charge on any atom is -0.462 e. The van der Waals surface area contributed by atoms with E-state index in [9.17, 15) is 4.79 Å². The Bertz CT molecular complexity index is 517. The van der Waals surface area contributed by atoms with Crippen LogP contribution in [0.2, 0.25) is 36.3 Å². The predicted octanol–water partition coefficient (Wildman–Crippen LogP) is 5.99. The molecular formula is C21H44O4Si2. The molecule has 0 aromatic heterocycles. The molecule has 4 atom stereocenters. The van der Waals surface area contributed by atoms with Gasteiger partial charge in [0.05, 0.1) is 12.0 Å². The van der Waals surface area contributed by atoms with E-state index in [1.807, 2.05) is 6.92 Å². The first-order chi connectivity index (χ1) is 11.9. The third-order valence-corrected chi connectivity index (χ3v) is 16.2. The Morgan fingerprint density at radius 1 is 0.926 bits per heavy atom. The molecule has 0 aromatic rings. The molecule has 4 nitrogen and oxygen atoms in total. The highest BCUT2D eigenvalue weighted by Gasteiger charge is 2.47. The van der Waals surface area contributed by atoms with Crippen molar-refractivity contribution in [1.29, 1.82) is 0 Å². The third kappa shape index (κ3) is 5.90. The van der Waals surface area contributed by atoms with Gasteiger partial charge in [-0.2, -0.15) is 0 Å². The number of hydrogen-bond donors (Lipinski definition) is 0. The summed E-state index contributed by atoms with van der Waals surface area (Å²) in [6.07, 6.45) is 0.530. The molecular weight excluding hydrogens is 372 g/mol. The molecule has 1 aliphatic heterocycles. The summed E-state index contributed by atoms with van der Waals surface area (Å²) >= 11 is 0. The number of rotatable bonds is 6. The zero-order valence-electron chi connectivity index (χ0n) is 19.9. The average molecular weight is 417 g/mol. The molecule has 1 rings (SSSR count). The lowest BCUT2D eigenvalue weighted by molar-refractivity contribution is -0.177. The summed E-state index contributed by atoms with van der Waals surface area (Å²) in [6, 6.07) is 0. The monoisotopic (exact) mass is 416 g/mol. The first-order valence-corrected chi connectivity index (χ1v) is 16.2. The van der Waals surface area contributed by atoms with Crippen LogP contribution >= 0.6 is 0 Å². The van der Waals surface area contributed by atoms with Gasteiger partial charge >= 0.3 is 5.97 Å². The van der Waals surface area contributed by atoms with E-state index in [0.29, 0.717) is 6.61 Å². The first-order valence-electron chi connectivity index (χ1n) is 10.4. The summed E-state index contributed by atoms with van der Waals surface area (Å²) in [5, 5.41) is 0.305. The van der Waals surface area contributed by atoms with Gasteiger partial charge < -0.3 is 13.6 Å². The normalized spacial score (nSPS) is 28.2. The van der Waals surface area contributed by atoms with Gasteiger partial charge in [0.1, 0.15) is 6.10 Å². The van der Waals surface area contributed by atoms with Crippen LogP contribution < -0.4 is 0 Å². The number of cyclic esters (lactones) is 1. The van der Waals surface area contributed by atoms with Crippen molar-refractivity contribution < 1.29 is 18.4 Å². The summed E-state index contributed by atoms with van der Waals surface area (Å²) < 4.78 is 18.8. The second-order valence-corrected chi connectivity index (χ2v) is 20.9. The number of esters is 1. The molecule has 1 heterocycles. The SMILES string of the molecule is C[C@@H]1C(O[Si](C)(C)C(C)(C)C)[C@@H](C)C(=O)O[C@H]1CCO[Si](C)(C)C(C)(C)C. The maximum absolute atomic E-state index is 12.5. The van der Waals surface area contributed by atoms with Gasteiger partial charge in [0.15, 0.2) is 16.6 Å². The summed E-state index contributed by atoms with van der Waals surface area (Å²) in [5.41, 5.74) is 0. The zero-order chi connectivity index (χ0) is 21.4. The molecule has 0 aromatic carbocycles. The zero-order valence-corrected chi connectivity index (χ0v) is 21.9. The summed E-state index contributed by atoms with van der Waals surface area (Å²) in [6.45, 7) is 27.2. The number of carbonyl (C=O) groups excluding carboxylic acids is 1. The minimum absolute atomic E-state index is 0.0787. The van der Waals surface area contributed by atoms with E-state index in [2.05, 4.69) is 74.7 Å². The van der Waals surface area contributed by atoms with Crippen molar-refractivity contribution in [2.45, 2.75) is 110 Å². The Morgan fingerprint density at radius 3 is 1.85 bits per heavy atom. The maximum Gasteiger partial charge on any atom is 0.311 e. The molecule has 0 bridgehead atoms. The fourth-order valence-corrected chi connectivity index (χ4v) is 5.37. The van der Waals surface area contributed by atoms with E-state index in [1.165, 1.54) is 0 Å². The molecule has 0 radical (unpaired) electrons. The van der Waals surface area contributed by atoms with Crippen LogP contribution in [0.25, 0.3) is 0 Å². The van der Waals surface area contributed by atoms with Crippen molar-refractivity contribution in [1.82, 2.24) is 0 Å². The smallest absolute Gasteiger partial charge is 0.311 e. The van der Waals surface area contributed by atoms with E-state index in [-0.39, 0.29) is 40.1 Å². The van der Waals surface area contributed by atoms with E-state index in [4.69, 9.17) is 13.6 Å². The molecule has 1 saturated heterocycles. The van der Waals surface area contributed by atoms with Crippen LogP contribution in [-0.2, 0) is 18.4 Å². The standard InChI is InChI=1S/C21H44O4Si2/c1-15-17(13-14-23-26(9,10)20(3,4)5)24-19(22)16(2)18(15)25-27(11,12)21(6,7)8/h15-18H,13-14H2,1-12H3/t15-,16+,17-,18?/m0/s1. The van der Waals surface area contributed by atoms with Crippen molar-refractivity contribution in [3.8, 4) is 0 Å². The molecule has 1 fully saturated rings. The van der Waals surface area contributed by atoms with E-state index < -0.39 is 16.6 Å². The Balaban J connectivity index is 2.83. The van der Waals surface area contributed by atoms with E-state index >= 15 is 0 Å². The van der Waals surface area contributed by atoms with Gasteiger partial charge in [0.25, 0.3) is 0 Å². The van der Waals surface area contributed by atoms with Crippen molar-refractivity contribution in [3.05, 3.63) is 0 Å². The maximum atomic E-state index is 12.5. The van der Waals surface area contributed by atoms with Crippen LogP contribution in [0.15, 0.2) is 0 Å². The Kier molecular flexibility index (Phi) is 7.63. The second kappa shape index (κ2) is 8.29. The lowest BCUT2D eigenvalue weighted by Gasteiger charge is -2.46. The molecule has 160 valence electrons. The van der Waals surface area contributed by atoms with Gasteiger partial charge in [-0.05, 0) is 43.2 Å². The molecule has 0 saturated carbocycles. The van der Waals surface area contributed by atoms with Crippen molar-refractivity contribution in [2.75, 3.05) is 6.61 Å². The Labute approximate surface area is 170 Å². The molecule has 1 unspecified atom stereocenters. The van der Waals surface area contributed by atoms with Crippen LogP contribution in [0, 0.1) is 11.8 Å². The van der Waals surface area contributed by atoms with Crippen LogP contribution in [-0.4, -0.2) is 41.4 Å². The van der Waals surface area contributed by atoms with Gasteiger partial charge in [-0.3, -0.25) is 4.79 Å². The van der Waals surface area contributed by atoms with E-state index in [1.54, 1.807) is 0 Å². The van der Waals surface area contributed by atoms with Crippen molar-refractivity contribution in [3.63, 3.8) is 0 Å². The van der Waals surface area contributed by atoms with E-state index in [0.717, 1.165) is 6.42 Å². The van der Waals surface area contributed by atoms with Gasteiger partial charge in [-0.25, -0.2) is 0 Å². The summed E-state index contributed by atoms with van der Waals surface area (Å²) in [7, 11) is -3.74. The largest absolute Gasteiger partial charge is 0.462 e. The van der Waals surface area contributed by atoms with Crippen LogP contribution in [0.1, 0.15) is 61.8 Å². The second-order valence-electron chi connectivity index (χ2n) is 11.4. The van der Waals surface area contributed by atoms with Crippen LogP contribution in [0.4, 0.5) is 0 Å². The topological polar surface area (TPSA) is 44.8 Å². The fourth-order valence-electron chi connectivity index (χ4n) is 2.86. The van der Waals surface area contributed by atoms with Crippen molar-refractivity contribution in [2.24, 2.45) is 11.8 Å². The number of ether oxygens (including phenoxy) is 1. The quantitative estimate of drug-likeness (QED) is 0.394. The molecule has 0 amide bonds. The summed E-state index contributed by atoms with van der Waals surface area (Å²) in [5.74, 6) is -0.171. The highest BCUT2D eigenvalue weighted by atomic mass is 28.4. The number of hydrogen-bond acceptors (Lipinski definition) is 4. The van der Waals surface area contributed by atoms with Crippen molar-refractivity contribution >= 4 is 22.6 Å². The van der Waals surface area contributed by atoms with Gasteiger partial charge in [-0.15, -0.1) is 0 Å². The van der Waals surface area contributed by atoms with Gasteiger partial charge in [0, 0.05) is 18.9 Å². The molecule has 6 heteroatoms. The fraction of sp³-hybridized carbons (Fsp3) is 0.952. The molecule has 0 N–H and O–H groups in total. The Hall–Kier alpha value is -0.176.